The average Bonchev–Trinajstić information content (AvgIpc) is 3.25. The molecule has 0 radical (unpaired) electrons. The zero-order valence-corrected chi connectivity index (χ0v) is 23.2. The van der Waals surface area contributed by atoms with E-state index in [9.17, 15) is 31.7 Å². The van der Waals surface area contributed by atoms with Gasteiger partial charge in [0.25, 0.3) is 15.6 Å². The fourth-order valence-corrected chi connectivity index (χ4v) is 7.00. The predicted molar refractivity (Wildman–Crippen MR) is 145 cm³/mol. The molecule has 0 saturated heterocycles. The summed E-state index contributed by atoms with van der Waals surface area (Å²) < 4.78 is 57.7. The van der Waals surface area contributed by atoms with Gasteiger partial charge in [0.05, 0.1) is 17.0 Å². The number of aromatic nitrogens is 2. The van der Waals surface area contributed by atoms with Gasteiger partial charge >= 0.3 is 0 Å². The van der Waals surface area contributed by atoms with Gasteiger partial charge in [-0.1, -0.05) is 17.7 Å². The Morgan fingerprint density at radius 2 is 1.67 bits per heavy atom. The Kier molecular flexibility index (Phi) is 7.22. The van der Waals surface area contributed by atoms with Gasteiger partial charge in [0.1, 0.15) is 16.7 Å². The lowest BCUT2D eigenvalue weighted by molar-refractivity contribution is -0.116. The fraction of sp³-hybridized carbons (Fsp3) is 0.192. The number of likely N-dealkylation sites (N-methyl/N-ethyl adjacent to an activating group) is 1. The Balaban J connectivity index is 1.81. The molecule has 0 aliphatic rings. The Labute approximate surface area is 225 Å². The maximum atomic E-state index is 13.7. The fourth-order valence-electron chi connectivity index (χ4n) is 4.05. The van der Waals surface area contributed by atoms with Gasteiger partial charge in [-0.2, -0.15) is 9.57 Å². The van der Waals surface area contributed by atoms with E-state index >= 15 is 0 Å². The minimum absolute atomic E-state index is 0.118. The number of carbonyl (C=O) groups excluding carboxylic acids is 1. The van der Waals surface area contributed by atoms with Crippen LogP contribution >= 0.6 is 0 Å². The number of fused-ring (bicyclic) bond motifs is 1. The molecule has 4 aromatic rings. The molecule has 39 heavy (non-hydrogen) atoms. The van der Waals surface area contributed by atoms with Crippen LogP contribution in [-0.2, 0) is 31.9 Å². The lowest BCUT2D eigenvalue weighted by Crippen LogP contribution is -2.35. The summed E-state index contributed by atoms with van der Waals surface area (Å²) in [5.74, 6) is -0.710. The van der Waals surface area contributed by atoms with E-state index in [1.165, 1.54) is 54.2 Å². The number of carbonyl (C=O) groups is 1. The highest BCUT2D eigenvalue weighted by atomic mass is 32.2. The number of amides is 1. The van der Waals surface area contributed by atoms with Crippen molar-refractivity contribution in [2.75, 3.05) is 18.9 Å². The smallest absolute Gasteiger partial charge is 0.269 e. The van der Waals surface area contributed by atoms with E-state index in [1.54, 1.807) is 39.1 Å². The summed E-state index contributed by atoms with van der Waals surface area (Å²) in [4.78, 5) is 24.0. The molecule has 2 heterocycles. The van der Waals surface area contributed by atoms with Gasteiger partial charge in [-0.05, 0) is 55.8 Å². The largest absolute Gasteiger partial charge is 0.325 e. The molecule has 0 aliphatic heterocycles. The minimum atomic E-state index is -4.44. The van der Waals surface area contributed by atoms with Crippen LogP contribution in [0.2, 0.25) is 0 Å². The summed E-state index contributed by atoms with van der Waals surface area (Å²) in [5.41, 5.74) is 0.702. The highest BCUT2D eigenvalue weighted by molar-refractivity contribution is 7.90. The molecule has 202 valence electrons. The van der Waals surface area contributed by atoms with Crippen molar-refractivity contribution in [3.05, 3.63) is 88.0 Å². The Bertz CT molecular complexity index is 1930. The first kappa shape index (κ1) is 27.8. The predicted octanol–water partition coefficient (Wildman–Crippen LogP) is 2.32. The number of nitrogens with zero attached hydrogens (tertiary/aromatic N) is 4. The molecule has 0 aliphatic carbocycles. The van der Waals surface area contributed by atoms with Crippen LogP contribution in [0.5, 0.6) is 0 Å². The lowest BCUT2D eigenvalue weighted by Gasteiger charge is -2.19. The molecule has 13 heteroatoms. The number of rotatable bonds is 7. The van der Waals surface area contributed by atoms with Gasteiger partial charge in [0.2, 0.25) is 15.9 Å². The maximum Gasteiger partial charge on any atom is 0.269 e. The molecule has 0 fully saturated rings. The first-order valence-corrected chi connectivity index (χ1v) is 14.4. The van der Waals surface area contributed by atoms with Gasteiger partial charge < -0.3 is 9.88 Å². The van der Waals surface area contributed by atoms with Crippen LogP contribution in [-0.4, -0.2) is 49.2 Å². The van der Waals surface area contributed by atoms with Gasteiger partial charge in [0, 0.05) is 37.4 Å². The number of aryl methyl sites for hydroxylation is 3. The number of sulfonamides is 1. The minimum Gasteiger partial charge on any atom is -0.325 e. The number of nitrogens with one attached hydrogen (secondary N) is 1. The topological polar surface area (TPSA) is 151 Å². The zero-order chi connectivity index (χ0) is 28.7. The van der Waals surface area contributed by atoms with Crippen LogP contribution in [0, 0.1) is 25.2 Å². The summed E-state index contributed by atoms with van der Waals surface area (Å²) in [7, 11) is -6.09. The molecule has 0 spiro atoms. The van der Waals surface area contributed by atoms with Crippen LogP contribution in [0.4, 0.5) is 5.69 Å². The first-order valence-electron chi connectivity index (χ1n) is 11.6. The first-order chi connectivity index (χ1) is 18.2. The van der Waals surface area contributed by atoms with E-state index in [1.807, 2.05) is 6.07 Å². The molecule has 0 bridgehead atoms. The Hall–Kier alpha value is -4.25. The Morgan fingerprint density at radius 1 is 1.00 bits per heavy atom. The second-order valence-electron chi connectivity index (χ2n) is 9.10. The summed E-state index contributed by atoms with van der Waals surface area (Å²) in [6.45, 7) is 2.81. The monoisotopic (exact) mass is 567 g/mol. The van der Waals surface area contributed by atoms with Crippen LogP contribution in [0.3, 0.4) is 0 Å². The number of pyridine rings is 1. The zero-order valence-electron chi connectivity index (χ0n) is 21.5. The normalized spacial score (nSPS) is 12.0. The third-order valence-corrected chi connectivity index (χ3v) is 9.62. The van der Waals surface area contributed by atoms with Crippen molar-refractivity contribution in [3.63, 3.8) is 0 Å². The summed E-state index contributed by atoms with van der Waals surface area (Å²) in [6, 6.07) is 14.7. The number of hydrogen-bond acceptors (Lipinski definition) is 7. The maximum absolute atomic E-state index is 13.7. The van der Waals surface area contributed by atoms with Gasteiger partial charge in [-0.25, -0.2) is 20.8 Å². The molecule has 4 rings (SSSR count). The van der Waals surface area contributed by atoms with Gasteiger partial charge in [-0.15, -0.1) is 0 Å². The Morgan fingerprint density at radius 3 is 2.28 bits per heavy atom. The molecule has 11 nitrogen and oxygen atoms in total. The van der Waals surface area contributed by atoms with Crippen molar-refractivity contribution in [2.45, 2.75) is 23.6 Å². The van der Waals surface area contributed by atoms with E-state index in [0.29, 0.717) is 5.56 Å². The molecule has 1 N–H and O–H groups in total. The second kappa shape index (κ2) is 10.1. The van der Waals surface area contributed by atoms with Gasteiger partial charge in [-0.3, -0.25) is 9.59 Å². The van der Waals surface area contributed by atoms with Crippen molar-refractivity contribution in [3.8, 4) is 6.07 Å². The van der Waals surface area contributed by atoms with Crippen molar-refractivity contribution in [2.24, 2.45) is 7.05 Å². The van der Waals surface area contributed by atoms with E-state index in [-0.39, 0.29) is 37.6 Å². The average molecular weight is 568 g/mol. The molecule has 2 aromatic heterocycles. The third kappa shape index (κ3) is 5.22. The molecule has 1 amide bonds. The quantitative estimate of drug-likeness (QED) is 0.360. The molecule has 0 unspecified atom stereocenters. The molecule has 2 aromatic carbocycles. The molecule has 0 saturated carbocycles. The van der Waals surface area contributed by atoms with Crippen LogP contribution in [0.1, 0.15) is 16.8 Å². The van der Waals surface area contributed by atoms with E-state index in [4.69, 9.17) is 0 Å². The highest BCUT2D eigenvalue weighted by Crippen LogP contribution is 2.33. The third-order valence-electron chi connectivity index (χ3n) is 6.08. The summed E-state index contributed by atoms with van der Waals surface area (Å²) >= 11 is 0. The van der Waals surface area contributed by atoms with Crippen molar-refractivity contribution >= 4 is 42.5 Å². The number of anilines is 1. The van der Waals surface area contributed by atoms with Gasteiger partial charge in [0.15, 0.2) is 0 Å². The van der Waals surface area contributed by atoms with E-state index in [2.05, 4.69) is 5.32 Å². The number of nitriles is 1. The van der Waals surface area contributed by atoms with Crippen molar-refractivity contribution in [1.29, 1.82) is 5.26 Å². The summed E-state index contributed by atoms with van der Waals surface area (Å²) in [6.07, 6.45) is 1.46. The van der Waals surface area contributed by atoms with Crippen LogP contribution in [0.15, 0.2) is 75.4 Å². The van der Waals surface area contributed by atoms with E-state index < -0.39 is 32.5 Å². The second-order valence-corrected chi connectivity index (χ2v) is 12.9. The standard InChI is InChI=1S/C26H25N5O6S2/c1-17-5-7-22(8-6-17)38(34,35)31-21(15-27)13-19-11-18(2)12-23(26(19)31)39(36,37)30(4)16-24(32)28-20-9-10-29(3)25(33)14-20/h5-14H,16H2,1-4H3,(H,28,32). The highest BCUT2D eigenvalue weighted by Gasteiger charge is 2.32. The van der Waals surface area contributed by atoms with Crippen molar-refractivity contribution < 1.29 is 21.6 Å². The number of benzene rings is 2. The SMILES string of the molecule is Cc1ccc(S(=O)(=O)n2c(C#N)cc3cc(C)cc(S(=O)(=O)N(C)CC(=O)Nc4ccn(C)c(=O)c4)c32)cc1. The number of hydrogen-bond donors (Lipinski definition) is 1. The lowest BCUT2D eigenvalue weighted by atomic mass is 10.2. The molecular formula is C26H25N5O6S2. The van der Waals surface area contributed by atoms with Crippen LogP contribution in [0.25, 0.3) is 10.9 Å². The van der Waals surface area contributed by atoms with Crippen LogP contribution < -0.4 is 10.9 Å². The van der Waals surface area contributed by atoms with E-state index in [0.717, 1.165) is 13.8 Å². The van der Waals surface area contributed by atoms with Crippen molar-refractivity contribution in [1.82, 2.24) is 12.8 Å². The summed E-state index contributed by atoms with van der Waals surface area (Å²) in [5, 5.41) is 12.5. The molecule has 0 atom stereocenters. The molecular weight excluding hydrogens is 542 g/mol.